The zero-order chi connectivity index (χ0) is 11.1. The molecule has 1 aromatic rings. The number of nitrogens with two attached hydrogens (primary N) is 1. The Morgan fingerprint density at radius 1 is 1.38 bits per heavy atom. The molecule has 0 aromatic carbocycles. The van der Waals surface area contributed by atoms with Crippen molar-refractivity contribution in [3.05, 3.63) is 29.6 Å². The number of pyridine rings is 1. The summed E-state index contributed by atoms with van der Waals surface area (Å²) in [5, 5.41) is 0. The molecule has 1 saturated carbocycles. The fourth-order valence-corrected chi connectivity index (χ4v) is 2.85. The van der Waals surface area contributed by atoms with E-state index in [4.69, 9.17) is 5.73 Å². The molecule has 1 aliphatic carbocycles. The number of hydrogen-bond acceptors (Lipinski definition) is 3. The Labute approximate surface area is 96.7 Å². The summed E-state index contributed by atoms with van der Waals surface area (Å²) in [4.78, 5) is 6.85. The van der Waals surface area contributed by atoms with Crippen molar-refractivity contribution in [3.63, 3.8) is 0 Å². The number of hydrogen-bond donors (Lipinski definition) is 1. The summed E-state index contributed by atoms with van der Waals surface area (Å²) in [6.45, 7) is 3.32. The average Bonchev–Trinajstić information content (AvgIpc) is 3.04. The molecule has 2 aliphatic rings. The van der Waals surface area contributed by atoms with Crippen LogP contribution in [0.3, 0.4) is 0 Å². The van der Waals surface area contributed by atoms with E-state index in [1.54, 1.807) is 0 Å². The molecule has 2 atom stereocenters. The second-order valence-corrected chi connectivity index (χ2v) is 5.10. The van der Waals surface area contributed by atoms with E-state index in [-0.39, 0.29) is 6.04 Å². The Balaban J connectivity index is 1.93. The van der Waals surface area contributed by atoms with Crippen LogP contribution >= 0.6 is 0 Å². The van der Waals surface area contributed by atoms with E-state index < -0.39 is 0 Å². The minimum absolute atomic E-state index is 0.281. The smallest absolute Gasteiger partial charge is 0.0520 e. The lowest BCUT2D eigenvalue weighted by Crippen LogP contribution is -2.33. The van der Waals surface area contributed by atoms with Crippen LogP contribution < -0.4 is 5.73 Å². The third-order valence-electron chi connectivity index (χ3n) is 3.90. The van der Waals surface area contributed by atoms with Crippen LogP contribution in [-0.2, 0) is 0 Å². The largest absolute Gasteiger partial charge is 0.326 e. The normalized spacial score (nSPS) is 30.9. The second kappa shape index (κ2) is 3.82. The van der Waals surface area contributed by atoms with E-state index in [1.165, 1.54) is 24.0 Å². The van der Waals surface area contributed by atoms with Gasteiger partial charge in [-0.25, -0.2) is 0 Å². The van der Waals surface area contributed by atoms with Gasteiger partial charge in [0.05, 0.1) is 6.04 Å². The highest BCUT2D eigenvalue weighted by atomic mass is 15.2. The fourth-order valence-electron chi connectivity index (χ4n) is 2.85. The van der Waals surface area contributed by atoms with Crippen LogP contribution in [0.2, 0.25) is 0 Å². The van der Waals surface area contributed by atoms with Gasteiger partial charge in [-0.1, -0.05) is 0 Å². The predicted octanol–water partition coefficient (Wildman–Crippen LogP) is 1.63. The number of nitrogens with zero attached hydrogens (tertiary/aromatic N) is 2. The Morgan fingerprint density at radius 3 is 2.88 bits per heavy atom. The van der Waals surface area contributed by atoms with Crippen molar-refractivity contribution in [2.75, 3.05) is 6.54 Å². The summed E-state index contributed by atoms with van der Waals surface area (Å²) >= 11 is 0. The van der Waals surface area contributed by atoms with Gasteiger partial charge >= 0.3 is 0 Å². The van der Waals surface area contributed by atoms with Gasteiger partial charge < -0.3 is 5.73 Å². The molecule has 1 aliphatic heterocycles. The van der Waals surface area contributed by atoms with Crippen molar-refractivity contribution in [1.29, 1.82) is 0 Å². The second-order valence-electron chi connectivity index (χ2n) is 5.10. The molecule has 0 spiro atoms. The third kappa shape index (κ3) is 1.64. The molecule has 2 heterocycles. The Hall–Kier alpha value is -0.930. The van der Waals surface area contributed by atoms with Crippen LogP contribution in [0.15, 0.2) is 18.5 Å². The molecular formula is C13H19N3. The lowest BCUT2D eigenvalue weighted by molar-refractivity contribution is 0.236. The molecule has 3 heteroatoms. The van der Waals surface area contributed by atoms with Crippen LogP contribution in [-0.4, -0.2) is 28.5 Å². The maximum absolute atomic E-state index is 6.27. The van der Waals surface area contributed by atoms with Crippen LogP contribution in [0.4, 0.5) is 0 Å². The molecule has 86 valence electrons. The quantitative estimate of drug-likeness (QED) is 0.818. The molecule has 2 fully saturated rings. The van der Waals surface area contributed by atoms with E-state index >= 15 is 0 Å². The SMILES string of the molecule is Cc1ccncc1C1C(N)CCN1C1CC1. The molecular weight excluding hydrogens is 198 g/mol. The molecule has 0 amide bonds. The number of aryl methyl sites for hydroxylation is 1. The summed E-state index contributed by atoms with van der Waals surface area (Å²) in [7, 11) is 0. The van der Waals surface area contributed by atoms with Crippen molar-refractivity contribution in [3.8, 4) is 0 Å². The van der Waals surface area contributed by atoms with E-state index in [0.717, 1.165) is 19.0 Å². The van der Waals surface area contributed by atoms with Gasteiger partial charge in [-0.15, -0.1) is 0 Å². The van der Waals surface area contributed by atoms with Crippen LogP contribution in [0.5, 0.6) is 0 Å². The first kappa shape index (κ1) is 10.2. The Morgan fingerprint density at radius 2 is 2.19 bits per heavy atom. The number of rotatable bonds is 2. The summed E-state index contributed by atoms with van der Waals surface area (Å²) < 4.78 is 0. The lowest BCUT2D eigenvalue weighted by Gasteiger charge is -2.27. The molecule has 16 heavy (non-hydrogen) atoms. The fraction of sp³-hybridized carbons (Fsp3) is 0.615. The molecule has 2 unspecified atom stereocenters. The minimum atomic E-state index is 0.281. The van der Waals surface area contributed by atoms with Gasteiger partial charge in [0, 0.05) is 31.0 Å². The lowest BCUT2D eigenvalue weighted by atomic mass is 9.98. The molecule has 0 radical (unpaired) electrons. The summed E-state index contributed by atoms with van der Waals surface area (Å²) in [6, 6.07) is 3.56. The summed E-state index contributed by atoms with van der Waals surface area (Å²) in [5.74, 6) is 0. The molecule has 3 nitrogen and oxygen atoms in total. The summed E-state index contributed by atoms with van der Waals surface area (Å²) in [6.07, 6.45) is 7.68. The zero-order valence-corrected chi connectivity index (χ0v) is 9.76. The van der Waals surface area contributed by atoms with Gasteiger partial charge in [-0.2, -0.15) is 0 Å². The molecule has 1 saturated heterocycles. The molecule has 2 N–H and O–H groups in total. The maximum Gasteiger partial charge on any atom is 0.0520 e. The monoisotopic (exact) mass is 217 g/mol. The Kier molecular flexibility index (Phi) is 2.45. The highest BCUT2D eigenvalue weighted by Crippen LogP contribution is 2.40. The van der Waals surface area contributed by atoms with Gasteiger partial charge in [0.2, 0.25) is 0 Å². The van der Waals surface area contributed by atoms with Crippen LogP contribution in [0.25, 0.3) is 0 Å². The van der Waals surface area contributed by atoms with Crippen molar-refractivity contribution in [1.82, 2.24) is 9.88 Å². The average molecular weight is 217 g/mol. The maximum atomic E-state index is 6.27. The highest BCUT2D eigenvalue weighted by molar-refractivity contribution is 5.28. The first-order valence-corrected chi connectivity index (χ1v) is 6.19. The number of likely N-dealkylation sites (tertiary alicyclic amines) is 1. The van der Waals surface area contributed by atoms with E-state index in [2.05, 4.69) is 22.9 Å². The van der Waals surface area contributed by atoms with Crippen LogP contribution in [0, 0.1) is 6.92 Å². The minimum Gasteiger partial charge on any atom is -0.326 e. The molecule has 0 bridgehead atoms. The van der Waals surface area contributed by atoms with Crippen LogP contribution in [0.1, 0.15) is 36.4 Å². The standard InChI is InChI=1S/C13H19N3/c1-9-4-6-15-8-11(9)13-12(14)5-7-16(13)10-2-3-10/h4,6,8,10,12-13H,2-3,5,7,14H2,1H3. The first-order chi connectivity index (χ1) is 7.77. The van der Waals surface area contributed by atoms with Gasteiger partial charge in [0.25, 0.3) is 0 Å². The van der Waals surface area contributed by atoms with Gasteiger partial charge in [-0.05, 0) is 43.4 Å². The topological polar surface area (TPSA) is 42.1 Å². The van der Waals surface area contributed by atoms with Crippen molar-refractivity contribution in [2.45, 2.75) is 44.3 Å². The van der Waals surface area contributed by atoms with Gasteiger partial charge in [0.1, 0.15) is 0 Å². The zero-order valence-electron chi connectivity index (χ0n) is 9.76. The van der Waals surface area contributed by atoms with Crippen molar-refractivity contribution in [2.24, 2.45) is 5.73 Å². The third-order valence-corrected chi connectivity index (χ3v) is 3.90. The Bertz CT molecular complexity index is 387. The van der Waals surface area contributed by atoms with E-state index in [9.17, 15) is 0 Å². The first-order valence-electron chi connectivity index (χ1n) is 6.19. The highest BCUT2D eigenvalue weighted by Gasteiger charge is 2.41. The predicted molar refractivity (Wildman–Crippen MR) is 64.0 cm³/mol. The summed E-state index contributed by atoms with van der Waals surface area (Å²) in [5.41, 5.74) is 8.92. The van der Waals surface area contributed by atoms with Crippen molar-refractivity contribution < 1.29 is 0 Å². The van der Waals surface area contributed by atoms with Gasteiger partial charge in [0.15, 0.2) is 0 Å². The van der Waals surface area contributed by atoms with E-state index in [1.807, 2.05) is 12.4 Å². The van der Waals surface area contributed by atoms with E-state index in [0.29, 0.717) is 6.04 Å². The molecule has 3 rings (SSSR count). The van der Waals surface area contributed by atoms with Gasteiger partial charge in [-0.3, -0.25) is 9.88 Å². The van der Waals surface area contributed by atoms with Crippen molar-refractivity contribution >= 4 is 0 Å². The molecule has 1 aromatic heterocycles. The number of aromatic nitrogens is 1.